The maximum Gasteiger partial charge on any atom is 0.322 e. The van der Waals surface area contributed by atoms with Crippen LogP contribution in [0.5, 0.6) is 0 Å². The lowest BCUT2D eigenvalue weighted by atomic mass is 10.1. The third-order valence-corrected chi connectivity index (χ3v) is 2.59. The Balaban J connectivity index is 2.14. The summed E-state index contributed by atoms with van der Waals surface area (Å²) in [7, 11) is 0. The molecule has 0 spiro atoms. The van der Waals surface area contributed by atoms with E-state index in [0.29, 0.717) is 13.0 Å². The summed E-state index contributed by atoms with van der Waals surface area (Å²) in [5, 5.41) is 0. The molecule has 0 saturated carbocycles. The Morgan fingerprint density at radius 2 is 2.40 bits per heavy atom. The zero-order valence-electron chi connectivity index (χ0n) is 9.41. The van der Waals surface area contributed by atoms with Gasteiger partial charge < -0.3 is 15.2 Å². The molecular formula is C11H21NO3. The Labute approximate surface area is 91.1 Å². The average molecular weight is 215 g/mol. The van der Waals surface area contributed by atoms with Crippen molar-refractivity contribution in [3.05, 3.63) is 0 Å². The molecule has 0 aliphatic carbocycles. The van der Waals surface area contributed by atoms with Crippen molar-refractivity contribution in [2.45, 2.75) is 51.2 Å². The Morgan fingerprint density at radius 3 is 3.00 bits per heavy atom. The molecule has 0 aromatic rings. The van der Waals surface area contributed by atoms with Crippen LogP contribution < -0.4 is 5.73 Å². The lowest BCUT2D eigenvalue weighted by Crippen LogP contribution is -2.35. The van der Waals surface area contributed by atoms with Crippen LogP contribution in [-0.2, 0) is 14.3 Å². The van der Waals surface area contributed by atoms with Gasteiger partial charge in [0.25, 0.3) is 0 Å². The van der Waals surface area contributed by atoms with Crippen molar-refractivity contribution in [1.29, 1.82) is 0 Å². The molecule has 2 N–H and O–H groups in total. The van der Waals surface area contributed by atoms with Gasteiger partial charge in [0.15, 0.2) is 0 Å². The van der Waals surface area contributed by atoms with Crippen LogP contribution in [0.25, 0.3) is 0 Å². The molecule has 2 unspecified atom stereocenters. The number of nitrogens with two attached hydrogens (primary N) is 1. The summed E-state index contributed by atoms with van der Waals surface area (Å²) >= 11 is 0. The second kappa shape index (κ2) is 6.80. The number of esters is 1. The fourth-order valence-corrected chi connectivity index (χ4v) is 1.65. The molecule has 4 nitrogen and oxygen atoms in total. The van der Waals surface area contributed by atoms with Crippen LogP contribution in [0.1, 0.15) is 39.0 Å². The number of rotatable bonds is 5. The highest BCUT2D eigenvalue weighted by molar-refractivity contribution is 5.75. The van der Waals surface area contributed by atoms with E-state index in [0.717, 1.165) is 32.3 Å². The zero-order chi connectivity index (χ0) is 11.1. The summed E-state index contributed by atoms with van der Waals surface area (Å²) in [6.45, 7) is 3.14. The lowest BCUT2D eigenvalue weighted by Gasteiger charge is -2.22. The average Bonchev–Trinajstić information content (AvgIpc) is 2.27. The van der Waals surface area contributed by atoms with Crippen LogP contribution in [0.15, 0.2) is 0 Å². The molecule has 1 aliphatic heterocycles. The van der Waals surface area contributed by atoms with Crippen LogP contribution in [0.3, 0.4) is 0 Å². The van der Waals surface area contributed by atoms with Gasteiger partial charge >= 0.3 is 5.97 Å². The van der Waals surface area contributed by atoms with Gasteiger partial charge in [-0.3, -0.25) is 4.79 Å². The number of ether oxygens (including phenoxy) is 2. The molecule has 0 bridgehead atoms. The van der Waals surface area contributed by atoms with Crippen molar-refractivity contribution >= 4 is 5.97 Å². The van der Waals surface area contributed by atoms with Gasteiger partial charge in [-0.1, -0.05) is 13.3 Å². The van der Waals surface area contributed by atoms with Gasteiger partial charge in [0.05, 0.1) is 6.10 Å². The normalized spacial score (nSPS) is 23.5. The van der Waals surface area contributed by atoms with Crippen LogP contribution in [0, 0.1) is 0 Å². The van der Waals surface area contributed by atoms with Crippen molar-refractivity contribution in [1.82, 2.24) is 0 Å². The molecule has 1 fully saturated rings. The fraction of sp³-hybridized carbons (Fsp3) is 0.909. The molecule has 1 saturated heterocycles. The minimum absolute atomic E-state index is 0.0801. The fourth-order valence-electron chi connectivity index (χ4n) is 1.65. The van der Waals surface area contributed by atoms with Crippen LogP contribution in [-0.4, -0.2) is 31.3 Å². The largest absolute Gasteiger partial charge is 0.462 e. The monoisotopic (exact) mass is 215 g/mol. The zero-order valence-corrected chi connectivity index (χ0v) is 9.41. The first-order chi connectivity index (χ1) is 7.24. The molecule has 0 amide bonds. The van der Waals surface area contributed by atoms with Gasteiger partial charge in [-0.25, -0.2) is 0 Å². The van der Waals surface area contributed by atoms with E-state index in [1.165, 1.54) is 0 Å². The van der Waals surface area contributed by atoms with E-state index in [-0.39, 0.29) is 12.1 Å². The van der Waals surface area contributed by atoms with Gasteiger partial charge in [0.1, 0.15) is 12.6 Å². The van der Waals surface area contributed by atoms with E-state index in [9.17, 15) is 4.79 Å². The third kappa shape index (κ3) is 4.62. The minimum atomic E-state index is -0.474. The Kier molecular flexibility index (Phi) is 5.65. The Bertz CT molecular complexity index is 190. The van der Waals surface area contributed by atoms with E-state index in [2.05, 4.69) is 0 Å². The van der Waals surface area contributed by atoms with Crippen molar-refractivity contribution in [3.8, 4) is 0 Å². The molecule has 0 radical (unpaired) electrons. The predicted octanol–water partition coefficient (Wildman–Crippen LogP) is 1.23. The summed E-state index contributed by atoms with van der Waals surface area (Å²) in [6, 6.07) is -0.474. The maximum absolute atomic E-state index is 11.4. The summed E-state index contributed by atoms with van der Waals surface area (Å²) in [5.74, 6) is -0.300. The van der Waals surface area contributed by atoms with Crippen LogP contribution >= 0.6 is 0 Å². The van der Waals surface area contributed by atoms with Crippen molar-refractivity contribution in [3.63, 3.8) is 0 Å². The molecule has 88 valence electrons. The van der Waals surface area contributed by atoms with Gasteiger partial charge in [0.2, 0.25) is 0 Å². The molecule has 0 aromatic heterocycles. The summed E-state index contributed by atoms with van der Waals surface area (Å²) in [4.78, 5) is 11.4. The number of carbonyl (C=O) groups is 1. The Morgan fingerprint density at radius 1 is 1.60 bits per heavy atom. The SMILES string of the molecule is CCCC(N)C(=O)OCC1CCCCO1. The first kappa shape index (κ1) is 12.5. The van der Waals surface area contributed by atoms with Gasteiger partial charge in [0, 0.05) is 6.61 Å². The Hall–Kier alpha value is -0.610. The second-order valence-electron chi connectivity index (χ2n) is 4.01. The molecule has 1 aliphatic rings. The molecule has 4 heteroatoms. The van der Waals surface area contributed by atoms with Gasteiger partial charge in [-0.2, -0.15) is 0 Å². The topological polar surface area (TPSA) is 61.6 Å². The molecule has 2 atom stereocenters. The summed E-state index contributed by atoms with van der Waals surface area (Å²) < 4.78 is 10.6. The molecular weight excluding hydrogens is 194 g/mol. The quantitative estimate of drug-likeness (QED) is 0.701. The predicted molar refractivity (Wildman–Crippen MR) is 57.4 cm³/mol. The van der Waals surface area contributed by atoms with E-state index in [1.54, 1.807) is 0 Å². The number of hydrogen-bond acceptors (Lipinski definition) is 4. The van der Waals surface area contributed by atoms with Crippen LogP contribution in [0.2, 0.25) is 0 Å². The van der Waals surface area contributed by atoms with Crippen LogP contribution in [0.4, 0.5) is 0 Å². The molecule has 0 aromatic carbocycles. The first-order valence-corrected chi connectivity index (χ1v) is 5.78. The lowest BCUT2D eigenvalue weighted by molar-refractivity contribution is -0.150. The van der Waals surface area contributed by atoms with Crippen molar-refractivity contribution < 1.29 is 14.3 Å². The smallest absolute Gasteiger partial charge is 0.322 e. The van der Waals surface area contributed by atoms with E-state index >= 15 is 0 Å². The highest BCUT2D eigenvalue weighted by atomic mass is 16.6. The van der Waals surface area contributed by atoms with E-state index < -0.39 is 6.04 Å². The van der Waals surface area contributed by atoms with Crippen molar-refractivity contribution in [2.75, 3.05) is 13.2 Å². The summed E-state index contributed by atoms with van der Waals surface area (Å²) in [6.07, 6.45) is 4.91. The molecule has 1 heterocycles. The second-order valence-corrected chi connectivity index (χ2v) is 4.01. The number of carbonyl (C=O) groups excluding carboxylic acids is 1. The maximum atomic E-state index is 11.4. The minimum Gasteiger partial charge on any atom is -0.462 e. The summed E-state index contributed by atoms with van der Waals surface area (Å²) in [5.41, 5.74) is 5.63. The highest BCUT2D eigenvalue weighted by Crippen LogP contribution is 2.13. The molecule has 15 heavy (non-hydrogen) atoms. The van der Waals surface area contributed by atoms with E-state index in [1.807, 2.05) is 6.92 Å². The van der Waals surface area contributed by atoms with Crippen molar-refractivity contribution in [2.24, 2.45) is 5.73 Å². The number of hydrogen-bond donors (Lipinski definition) is 1. The standard InChI is InChI=1S/C11H21NO3/c1-2-5-10(12)11(13)15-8-9-6-3-4-7-14-9/h9-10H,2-8,12H2,1H3. The molecule has 1 rings (SSSR count). The van der Waals surface area contributed by atoms with E-state index in [4.69, 9.17) is 15.2 Å². The highest BCUT2D eigenvalue weighted by Gasteiger charge is 2.18. The third-order valence-electron chi connectivity index (χ3n) is 2.59. The van der Waals surface area contributed by atoms with Gasteiger partial charge in [-0.15, -0.1) is 0 Å². The van der Waals surface area contributed by atoms with Gasteiger partial charge in [-0.05, 0) is 25.7 Å². The first-order valence-electron chi connectivity index (χ1n) is 5.78.